The summed E-state index contributed by atoms with van der Waals surface area (Å²) in [6.07, 6.45) is 6.34. The lowest BCUT2D eigenvalue weighted by Crippen LogP contribution is -2.24. The van der Waals surface area contributed by atoms with Crippen LogP contribution < -0.4 is 10.5 Å². The number of aromatic nitrogens is 1. The zero-order valence-electron chi connectivity index (χ0n) is 15.4. The highest BCUT2D eigenvalue weighted by Crippen LogP contribution is 2.33. The van der Waals surface area contributed by atoms with Crippen LogP contribution in [0.5, 0.6) is 5.75 Å². The molecule has 0 aliphatic carbocycles. The van der Waals surface area contributed by atoms with Gasteiger partial charge in [-0.3, -0.25) is 4.90 Å². The molecule has 0 unspecified atom stereocenters. The quantitative estimate of drug-likeness (QED) is 0.883. The monoisotopic (exact) mass is 339 g/mol. The molecular formula is C21H29N3O. The first-order valence-electron chi connectivity index (χ1n) is 9.36. The lowest BCUT2D eigenvalue weighted by Gasteiger charge is -2.23. The van der Waals surface area contributed by atoms with Crippen LogP contribution in [0.1, 0.15) is 43.7 Å². The fourth-order valence-corrected chi connectivity index (χ4v) is 3.65. The topological polar surface area (TPSA) is 51.4 Å². The fraction of sp³-hybridized carbons (Fsp3) is 0.476. The first-order chi connectivity index (χ1) is 12.2. The molecule has 1 aliphatic heterocycles. The third-order valence-corrected chi connectivity index (χ3v) is 5.04. The molecule has 134 valence electrons. The van der Waals surface area contributed by atoms with E-state index in [1.165, 1.54) is 49.9 Å². The lowest BCUT2D eigenvalue weighted by atomic mass is 9.98. The molecule has 3 rings (SSSR count). The van der Waals surface area contributed by atoms with Gasteiger partial charge in [0.15, 0.2) is 0 Å². The molecule has 0 bridgehead atoms. The Balaban J connectivity index is 1.94. The van der Waals surface area contributed by atoms with E-state index in [0.29, 0.717) is 5.82 Å². The van der Waals surface area contributed by atoms with Crippen LogP contribution in [-0.4, -0.2) is 30.1 Å². The number of rotatable bonds is 5. The molecule has 1 aromatic heterocycles. The molecule has 0 spiro atoms. The van der Waals surface area contributed by atoms with E-state index in [0.717, 1.165) is 30.0 Å². The summed E-state index contributed by atoms with van der Waals surface area (Å²) in [4.78, 5) is 7.06. The molecular weight excluding hydrogens is 310 g/mol. The first kappa shape index (κ1) is 17.7. The summed E-state index contributed by atoms with van der Waals surface area (Å²) in [5.41, 5.74) is 10.5. The smallest absolute Gasteiger partial charge is 0.128 e. The van der Waals surface area contributed by atoms with E-state index >= 15 is 0 Å². The van der Waals surface area contributed by atoms with E-state index < -0.39 is 0 Å². The Labute approximate surface area is 151 Å². The second kappa shape index (κ2) is 8.34. The van der Waals surface area contributed by atoms with Crippen LogP contribution >= 0.6 is 0 Å². The fourth-order valence-electron chi connectivity index (χ4n) is 3.65. The van der Waals surface area contributed by atoms with Gasteiger partial charge in [0.2, 0.25) is 0 Å². The van der Waals surface area contributed by atoms with Gasteiger partial charge in [0.1, 0.15) is 11.6 Å². The molecule has 4 nitrogen and oxygen atoms in total. The van der Waals surface area contributed by atoms with E-state index in [2.05, 4.69) is 28.9 Å². The zero-order valence-corrected chi connectivity index (χ0v) is 15.4. The Hall–Kier alpha value is -2.07. The molecule has 2 N–H and O–H groups in total. The minimum atomic E-state index is 0.534. The number of anilines is 1. The minimum absolute atomic E-state index is 0.534. The molecule has 0 amide bonds. The molecule has 2 aromatic rings. The Kier molecular flexibility index (Phi) is 5.92. The summed E-state index contributed by atoms with van der Waals surface area (Å²) in [5, 5.41) is 0. The Morgan fingerprint density at radius 1 is 1.08 bits per heavy atom. The van der Waals surface area contributed by atoms with Crippen molar-refractivity contribution in [2.45, 2.75) is 45.6 Å². The van der Waals surface area contributed by atoms with Crippen molar-refractivity contribution in [3.05, 3.63) is 41.5 Å². The number of pyridine rings is 1. The van der Waals surface area contributed by atoms with E-state index in [4.69, 9.17) is 10.5 Å². The van der Waals surface area contributed by atoms with E-state index in [-0.39, 0.29) is 0 Å². The van der Waals surface area contributed by atoms with Gasteiger partial charge in [-0.25, -0.2) is 4.98 Å². The molecule has 25 heavy (non-hydrogen) atoms. The maximum Gasteiger partial charge on any atom is 0.128 e. The predicted octanol–water partition coefficient (Wildman–Crippen LogP) is 4.28. The molecule has 1 aliphatic rings. The van der Waals surface area contributed by atoms with Crippen LogP contribution in [0.4, 0.5) is 5.82 Å². The van der Waals surface area contributed by atoms with Crippen molar-refractivity contribution < 1.29 is 4.74 Å². The number of aryl methyl sites for hydroxylation is 1. The van der Waals surface area contributed by atoms with E-state index in [9.17, 15) is 0 Å². The van der Waals surface area contributed by atoms with Gasteiger partial charge in [0, 0.05) is 12.1 Å². The number of hydrogen-bond acceptors (Lipinski definition) is 4. The number of nitrogens with zero attached hydrogens (tertiary/aromatic N) is 2. The first-order valence-corrected chi connectivity index (χ1v) is 9.36. The third-order valence-electron chi connectivity index (χ3n) is 5.04. The molecule has 1 fully saturated rings. The van der Waals surface area contributed by atoms with Gasteiger partial charge >= 0.3 is 0 Å². The zero-order chi connectivity index (χ0) is 17.6. The standard InChI is InChI=1S/C21H29N3O/c1-3-16-13-18(19-9-8-10-21(22)23-19)20(25-2)14-17(16)15-24-11-6-4-5-7-12-24/h8-10,13-14H,3-7,11-12,15H2,1-2H3,(H2,22,23). The number of ether oxygens (including phenoxy) is 1. The third kappa shape index (κ3) is 4.31. The van der Waals surface area contributed by atoms with Crippen molar-refractivity contribution in [3.8, 4) is 17.0 Å². The summed E-state index contributed by atoms with van der Waals surface area (Å²) in [6.45, 7) is 5.61. The van der Waals surface area contributed by atoms with Gasteiger partial charge in [0.05, 0.1) is 12.8 Å². The van der Waals surface area contributed by atoms with Crippen molar-refractivity contribution >= 4 is 5.82 Å². The van der Waals surface area contributed by atoms with E-state index in [1.54, 1.807) is 7.11 Å². The van der Waals surface area contributed by atoms with Crippen LogP contribution in [0.2, 0.25) is 0 Å². The maximum atomic E-state index is 5.87. The van der Waals surface area contributed by atoms with Crippen molar-refractivity contribution in [2.75, 3.05) is 25.9 Å². The molecule has 0 radical (unpaired) electrons. The lowest BCUT2D eigenvalue weighted by molar-refractivity contribution is 0.275. The van der Waals surface area contributed by atoms with Crippen molar-refractivity contribution in [3.63, 3.8) is 0 Å². The van der Waals surface area contributed by atoms with E-state index in [1.807, 2.05) is 18.2 Å². The SMILES string of the molecule is CCc1cc(-c2cccc(N)n2)c(OC)cc1CN1CCCCCC1. The van der Waals surface area contributed by atoms with Crippen LogP contribution in [0.15, 0.2) is 30.3 Å². The average molecular weight is 339 g/mol. The number of benzene rings is 1. The Morgan fingerprint density at radius 2 is 1.84 bits per heavy atom. The summed E-state index contributed by atoms with van der Waals surface area (Å²) in [7, 11) is 1.73. The second-order valence-electron chi connectivity index (χ2n) is 6.81. The highest BCUT2D eigenvalue weighted by molar-refractivity contribution is 5.70. The van der Waals surface area contributed by atoms with Crippen molar-refractivity contribution in [1.29, 1.82) is 0 Å². The van der Waals surface area contributed by atoms with Crippen molar-refractivity contribution in [2.24, 2.45) is 0 Å². The number of hydrogen-bond donors (Lipinski definition) is 1. The second-order valence-corrected chi connectivity index (χ2v) is 6.81. The molecule has 0 saturated carbocycles. The highest BCUT2D eigenvalue weighted by Gasteiger charge is 2.16. The van der Waals surface area contributed by atoms with Gasteiger partial charge < -0.3 is 10.5 Å². The van der Waals surface area contributed by atoms with Crippen LogP contribution in [0.3, 0.4) is 0 Å². The van der Waals surface area contributed by atoms with Gasteiger partial charge in [-0.2, -0.15) is 0 Å². The Bertz CT molecular complexity index is 706. The summed E-state index contributed by atoms with van der Waals surface area (Å²) in [6, 6.07) is 10.2. The molecule has 1 aromatic carbocycles. The highest BCUT2D eigenvalue weighted by atomic mass is 16.5. The molecule has 2 heterocycles. The van der Waals surface area contributed by atoms with Gasteiger partial charge in [-0.15, -0.1) is 0 Å². The number of likely N-dealkylation sites (tertiary alicyclic amines) is 1. The Morgan fingerprint density at radius 3 is 2.48 bits per heavy atom. The summed E-state index contributed by atoms with van der Waals surface area (Å²) >= 11 is 0. The summed E-state index contributed by atoms with van der Waals surface area (Å²) < 4.78 is 5.69. The minimum Gasteiger partial charge on any atom is -0.496 e. The summed E-state index contributed by atoms with van der Waals surface area (Å²) in [5.74, 6) is 1.41. The van der Waals surface area contributed by atoms with Gasteiger partial charge in [-0.1, -0.05) is 25.8 Å². The largest absolute Gasteiger partial charge is 0.496 e. The molecule has 1 saturated heterocycles. The predicted molar refractivity (Wildman–Crippen MR) is 104 cm³/mol. The molecule has 4 heteroatoms. The molecule has 0 atom stereocenters. The van der Waals surface area contributed by atoms with Gasteiger partial charge in [0.25, 0.3) is 0 Å². The maximum absolute atomic E-state index is 5.87. The van der Waals surface area contributed by atoms with Crippen LogP contribution in [-0.2, 0) is 13.0 Å². The normalized spacial score (nSPS) is 15.8. The van der Waals surface area contributed by atoms with Gasteiger partial charge in [-0.05, 0) is 67.7 Å². The average Bonchev–Trinajstić information content (AvgIpc) is 2.90. The van der Waals surface area contributed by atoms with Crippen LogP contribution in [0, 0.1) is 0 Å². The van der Waals surface area contributed by atoms with Crippen LogP contribution in [0.25, 0.3) is 11.3 Å². The number of nitrogens with two attached hydrogens (primary N) is 1. The number of methoxy groups -OCH3 is 1. The number of nitrogen functional groups attached to an aromatic ring is 1. The van der Waals surface area contributed by atoms with Crippen molar-refractivity contribution in [1.82, 2.24) is 9.88 Å².